The molecule has 0 unspecified atom stereocenters. The van der Waals surface area contributed by atoms with Crippen LogP contribution >= 0.6 is 0 Å². The summed E-state index contributed by atoms with van der Waals surface area (Å²) in [7, 11) is 3.84. The van der Waals surface area contributed by atoms with Crippen molar-refractivity contribution in [3.05, 3.63) is 18.5 Å². The van der Waals surface area contributed by atoms with Gasteiger partial charge < -0.3 is 20.3 Å². The highest BCUT2D eigenvalue weighted by molar-refractivity contribution is 5.94. The SMILES string of the molecule is CN(C)c1ccncc1NC(=O)COC1(C)CNC1. The van der Waals surface area contributed by atoms with Gasteiger partial charge in [-0.3, -0.25) is 9.78 Å². The van der Waals surface area contributed by atoms with E-state index in [4.69, 9.17) is 4.74 Å². The van der Waals surface area contributed by atoms with Crippen LogP contribution in [-0.2, 0) is 9.53 Å². The monoisotopic (exact) mass is 264 g/mol. The fourth-order valence-corrected chi connectivity index (χ4v) is 1.88. The number of amides is 1. The summed E-state index contributed by atoms with van der Waals surface area (Å²) in [6.07, 6.45) is 3.34. The molecule has 104 valence electrons. The van der Waals surface area contributed by atoms with Crippen molar-refractivity contribution in [3.63, 3.8) is 0 Å². The zero-order valence-electron chi connectivity index (χ0n) is 11.6. The third-order valence-electron chi connectivity index (χ3n) is 3.10. The number of pyridine rings is 1. The maximum absolute atomic E-state index is 11.9. The number of nitrogens with zero attached hydrogens (tertiary/aromatic N) is 2. The fourth-order valence-electron chi connectivity index (χ4n) is 1.88. The van der Waals surface area contributed by atoms with E-state index in [1.165, 1.54) is 0 Å². The Labute approximate surface area is 113 Å². The highest BCUT2D eigenvalue weighted by atomic mass is 16.5. The number of hydrogen-bond acceptors (Lipinski definition) is 5. The van der Waals surface area contributed by atoms with Crippen molar-refractivity contribution in [2.45, 2.75) is 12.5 Å². The van der Waals surface area contributed by atoms with E-state index in [-0.39, 0.29) is 18.1 Å². The van der Waals surface area contributed by atoms with E-state index in [0.29, 0.717) is 5.69 Å². The first-order valence-corrected chi connectivity index (χ1v) is 6.26. The second kappa shape index (κ2) is 5.54. The van der Waals surface area contributed by atoms with Crippen molar-refractivity contribution in [2.75, 3.05) is 44.0 Å². The third kappa shape index (κ3) is 3.42. The number of carbonyl (C=O) groups is 1. The lowest BCUT2D eigenvalue weighted by atomic mass is 10.0. The van der Waals surface area contributed by atoms with Crippen LogP contribution in [0, 0.1) is 0 Å². The lowest BCUT2D eigenvalue weighted by molar-refractivity contribution is -0.130. The van der Waals surface area contributed by atoms with Crippen molar-refractivity contribution in [1.82, 2.24) is 10.3 Å². The predicted molar refractivity (Wildman–Crippen MR) is 74.4 cm³/mol. The zero-order valence-corrected chi connectivity index (χ0v) is 11.6. The molecular formula is C13H20N4O2. The van der Waals surface area contributed by atoms with Crippen LogP contribution in [0.5, 0.6) is 0 Å². The van der Waals surface area contributed by atoms with E-state index in [2.05, 4.69) is 15.6 Å². The molecule has 6 nitrogen and oxygen atoms in total. The van der Waals surface area contributed by atoms with Gasteiger partial charge in [0, 0.05) is 33.4 Å². The van der Waals surface area contributed by atoms with E-state index < -0.39 is 0 Å². The van der Waals surface area contributed by atoms with Crippen LogP contribution in [0.1, 0.15) is 6.92 Å². The van der Waals surface area contributed by atoms with Gasteiger partial charge in [0.15, 0.2) is 0 Å². The Morgan fingerprint density at radius 1 is 1.58 bits per heavy atom. The molecular weight excluding hydrogens is 244 g/mol. The van der Waals surface area contributed by atoms with E-state index >= 15 is 0 Å². The Balaban J connectivity index is 1.91. The van der Waals surface area contributed by atoms with Crippen LogP contribution in [0.2, 0.25) is 0 Å². The number of aromatic nitrogens is 1. The van der Waals surface area contributed by atoms with Crippen LogP contribution in [0.15, 0.2) is 18.5 Å². The summed E-state index contributed by atoms with van der Waals surface area (Å²) < 4.78 is 5.59. The largest absolute Gasteiger partial charge is 0.376 e. The molecule has 2 rings (SSSR count). The Morgan fingerprint density at radius 2 is 2.32 bits per heavy atom. The Hall–Kier alpha value is -1.66. The Kier molecular flexibility index (Phi) is 4.01. The van der Waals surface area contributed by atoms with Crippen LogP contribution < -0.4 is 15.5 Å². The maximum atomic E-state index is 11.9. The summed E-state index contributed by atoms with van der Waals surface area (Å²) in [6, 6.07) is 1.85. The Morgan fingerprint density at radius 3 is 2.89 bits per heavy atom. The highest BCUT2D eigenvalue weighted by Crippen LogP contribution is 2.22. The van der Waals surface area contributed by atoms with Crippen LogP contribution in [-0.4, -0.2) is 50.3 Å². The van der Waals surface area contributed by atoms with E-state index in [9.17, 15) is 4.79 Å². The molecule has 2 heterocycles. The van der Waals surface area contributed by atoms with Gasteiger partial charge in [-0.25, -0.2) is 0 Å². The normalized spacial score (nSPS) is 16.6. The van der Waals surface area contributed by atoms with Gasteiger partial charge in [-0.05, 0) is 13.0 Å². The molecule has 1 aliphatic heterocycles. The maximum Gasteiger partial charge on any atom is 0.250 e. The molecule has 1 aromatic rings. The van der Waals surface area contributed by atoms with Crippen LogP contribution in [0.3, 0.4) is 0 Å². The highest BCUT2D eigenvalue weighted by Gasteiger charge is 2.33. The lowest BCUT2D eigenvalue weighted by Crippen LogP contribution is -2.59. The number of carbonyl (C=O) groups excluding carboxylic acids is 1. The van der Waals surface area contributed by atoms with Crippen LogP contribution in [0.4, 0.5) is 11.4 Å². The summed E-state index contributed by atoms with van der Waals surface area (Å²) >= 11 is 0. The minimum absolute atomic E-state index is 0.0555. The molecule has 0 aliphatic carbocycles. The lowest BCUT2D eigenvalue weighted by Gasteiger charge is -2.38. The molecule has 1 aromatic heterocycles. The molecule has 0 atom stereocenters. The molecule has 1 amide bonds. The van der Waals surface area contributed by atoms with Gasteiger partial charge in [0.1, 0.15) is 6.61 Å². The molecule has 0 spiro atoms. The summed E-state index contributed by atoms with van der Waals surface area (Å²) in [5.74, 6) is -0.163. The molecule has 0 saturated carbocycles. The first kappa shape index (κ1) is 13.8. The number of nitrogens with one attached hydrogen (secondary N) is 2. The third-order valence-corrected chi connectivity index (χ3v) is 3.10. The molecule has 1 saturated heterocycles. The molecule has 2 N–H and O–H groups in total. The van der Waals surface area contributed by atoms with Gasteiger partial charge in [-0.1, -0.05) is 0 Å². The van der Waals surface area contributed by atoms with Crippen molar-refractivity contribution in [1.29, 1.82) is 0 Å². The fraction of sp³-hybridized carbons (Fsp3) is 0.538. The average molecular weight is 264 g/mol. The van der Waals surface area contributed by atoms with Gasteiger partial charge in [-0.15, -0.1) is 0 Å². The van der Waals surface area contributed by atoms with E-state index in [1.807, 2.05) is 32.0 Å². The van der Waals surface area contributed by atoms with Crippen molar-refractivity contribution in [2.24, 2.45) is 0 Å². The van der Waals surface area contributed by atoms with Gasteiger partial charge in [-0.2, -0.15) is 0 Å². The van der Waals surface area contributed by atoms with Gasteiger partial charge in [0.05, 0.1) is 23.2 Å². The first-order chi connectivity index (χ1) is 9.00. The average Bonchev–Trinajstić information content (AvgIpc) is 2.34. The summed E-state index contributed by atoms with van der Waals surface area (Å²) in [5.41, 5.74) is 1.40. The van der Waals surface area contributed by atoms with Crippen LogP contribution in [0.25, 0.3) is 0 Å². The van der Waals surface area contributed by atoms with E-state index in [0.717, 1.165) is 18.8 Å². The Bertz CT molecular complexity index is 458. The van der Waals surface area contributed by atoms with Gasteiger partial charge in [0.25, 0.3) is 0 Å². The smallest absolute Gasteiger partial charge is 0.250 e. The zero-order chi connectivity index (χ0) is 13.9. The molecule has 1 aliphatic rings. The predicted octanol–water partition coefficient (Wildman–Crippen LogP) is 0.465. The molecule has 1 fully saturated rings. The second-order valence-electron chi connectivity index (χ2n) is 5.18. The van der Waals surface area contributed by atoms with Crippen molar-refractivity contribution < 1.29 is 9.53 Å². The number of anilines is 2. The summed E-state index contributed by atoms with van der Waals surface area (Å²) in [6.45, 7) is 3.62. The molecule has 0 bridgehead atoms. The first-order valence-electron chi connectivity index (χ1n) is 6.26. The van der Waals surface area contributed by atoms with E-state index in [1.54, 1.807) is 12.4 Å². The minimum atomic E-state index is -0.212. The molecule has 0 aromatic carbocycles. The number of rotatable bonds is 5. The second-order valence-corrected chi connectivity index (χ2v) is 5.18. The molecule has 6 heteroatoms. The minimum Gasteiger partial charge on any atom is -0.376 e. The summed E-state index contributed by atoms with van der Waals surface area (Å²) in [4.78, 5) is 17.8. The molecule has 19 heavy (non-hydrogen) atoms. The number of hydrogen-bond donors (Lipinski definition) is 2. The summed E-state index contributed by atoms with van der Waals surface area (Å²) in [5, 5.41) is 5.95. The van der Waals surface area contributed by atoms with Crippen molar-refractivity contribution >= 4 is 17.3 Å². The topological polar surface area (TPSA) is 66.5 Å². The quantitative estimate of drug-likeness (QED) is 0.809. The standard InChI is InChI=1S/C13H20N4O2/c1-13(8-15-9-13)19-7-12(18)16-10-6-14-5-4-11(10)17(2)3/h4-6,15H,7-9H2,1-3H3,(H,16,18). The number of ether oxygens (including phenoxy) is 1. The van der Waals surface area contributed by atoms with Gasteiger partial charge in [0.2, 0.25) is 5.91 Å². The molecule has 0 radical (unpaired) electrons. The van der Waals surface area contributed by atoms with Gasteiger partial charge >= 0.3 is 0 Å². The van der Waals surface area contributed by atoms with Crippen molar-refractivity contribution in [3.8, 4) is 0 Å².